The molecule has 0 saturated carbocycles. The van der Waals surface area contributed by atoms with Crippen molar-refractivity contribution in [1.82, 2.24) is 20.1 Å². The van der Waals surface area contributed by atoms with Crippen molar-refractivity contribution in [2.75, 3.05) is 27.1 Å². The molecule has 4 aromatic rings. The van der Waals surface area contributed by atoms with Gasteiger partial charge in [0.05, 0.1) is 26.9 Å². The SMILES string of the molecule is COCOc1cc(-c2cnn(C3NCCO3)c2)ccc1-c1nc2sc(Br)cc2s1. The number of hydrogen-bond donors (Lipinski definition) is 1. The van der Waals surface area contributed by atoms with Gasteiger partial charge in [0.1, 0.15) is 15.6 Å². The van der Waals surface area contributed by atoms with Crippen LogP contribution in [0.2, 0.25) is 0 Å². The molecule has 0 amide bonds. The zero-order valence-electron chi connectivity index (χ0n) is 15.4. The van der Waals surface area contributed by atoms with Crippen molar-refractivity contribution >= 4 is 48.1 Å². The lowest BCUT2D eigenvalue weighted by Gasteiger charge is -2.11. The minimum atomic E-state index is -0.213. The van der Waals surface area contributed by atoms with Gasteiger partial charge in [0.15, 0.2) is 6.79 Å². The van der Waals surface area contributed by atoms with E-state index in [4.69, 9.17) is 19.2 Å². The number of benzene rings is 1. The monoisotopic (exact) mass is 492 g/mol. The van der Waals surface area contributed by atoms with Crippen molar-refractivity contribution in [3.05, 3.63) is 40.4 Å². The Morgan fingerprint density at radius 3 is 3.03 bits per heavy atom. The smallest absolute Gasteiger partial charge is 0.206 e. The molecule has 1 fully saturated rings. The Balaban J connectivity index is 1.50. The zero-order chi connectivity index (χ0) is 19.8. The number of rotatable bonds is 6. The van der Waals surface area contributed by atoms with Gasteiger partial charge in [-0.2, -0.15) is 5.10 Å². The highest BCUT2D eigenvalue weighted by atomic mass is 79.9. The summed E-state index contributed by atoms with van der Waals surface area (Å²) in [5.74, 6) is 0.729. The molecule has 1 atom stereocenters. The summed E-state index contributed by atoms with van der Waals surface area (Å²) in [5.41, 5.74) is 2.94. The van der Waals surface area contributed by atoms with Crippen LogP contribution in [0.4, 0.5) is 0 Å². The number of hydrogen-bond acceptors (Lipinski definition) is 8. The zero-order valence-corrected chi connectivity index (χ0v) is 18.6. The molecule has 10 heteroatoms. The minimum Gasteiger partial charge on any atom is -0.467 e. The van der Waals surface area contributed by atoms with Gasteiger partial charge in [0.25, 0.3) is 0 Å². The molecule has 1 aromatic carbocycles. The third kappa shape index (κ3) is 3.83. The molecule has 150 valence electrons. The van der Waals surface area contributed by atoms with Crippen LogP contribution in [0, 0.1) is 0 Å². The Labute approximate surface area is 183 Å². The van der Waals surface area contributed by atoms with E-state index in [1.807, 2.05) is 24.5 Å². The number of fused-ring (bicyclic) bond motifs is 1. The van der Waals surface area contributed by atoms with Crippen molar-refractivity contribution in [3.8, 4) is 27.4 Å². The van der Waals surface area contributed by atoms with E-state index < -0.39 is 0 Å². The fourth-order valence-electron chi connectivity index (χ4n) is 3.14. The lowest BCUT2D eigenvalue weighted by molar-refractivity contribution is 0.0344. The number of aromatic nitrogens is 3. The van der Waals surface area contributed by atoms with Crippen molar-refractivity contribution < 1.29 is 14.2 Å². The molecule has 4 heterocycles. The van der Waals surface area contributed by atoms with Crippen LogP contribution in [-0.2, 0) is 9.47 Å². The Hall–Kier alpha value is -1.82. The van der Waals surface area contributed by atoms with E-state index in [-0.39, 0.29) is 13.1 Å². The maximum Gasteiger partial charge on any atom is 0.206 e. The molecule has 0 bridgehead atoms. The predicted molar refractivity (Wildman–Crippen MR) is 117 cm³/mol. The van der Waals surface area contributed by atoms with Crippen molar-refractivity contribution in [2.45, 2.75) is 6.35 Å². The molecule has 1 saturated heterocycles. The van der Waals surface area contributed by atoms with Crippen LogP contribution in [0.15, 0.2) is 40.4 Å². The van der Waals surface area contributed by atoms with Gasteiger partial charge < -0.3 is 14.2 Å². The molecule has 5 rings (SSSR count). The first-order valence-electron chi connectivity index (χ1n) is 8.93. The Morgan fingerprint density at radius 2 is 2.24 bits per heavy atom. The average molecular weight is 493 g/mol. The molecule has 0 radical (unpaired) electrons. The van der Waals surface area contributed by atoms with Crippen LogP contribution in [0.5, 0.6) is 5.75 Å². The van der Waals surface area contributed by atoms with Gasteiger partial charge in [-0.3, -0.25) is 5.32 Å². The number of thiazole rings is 1. The lowest BCUT2D eigenvalue weighted by atomic mass is 10.1. The van der Waals surface area contributed by atoms with Crippen LogP contribution in [-0.4, -0.2) is 41.8 Å². The van der Waals surface area contributed by atoms with Gasteiger partial charge in [-0.25, -0.2) is 9.67 Å². The van der Waals surface area contributed by atoms with E-state index in [9.17, 15) is 0 Å². The Kier molecular flexibility index (Phi) is 5.37. The van der Waals surface area contributed by atoms with E-state index in [0.717, 1.165) is 47.3 Å². The largest absolute Gasteiger partial charge is 0.467 e. The molecule has 0 aliphatic carbocycles. The van der Waals surface area contributed by atoms with Gasteiger partial charge in [0, 0.05) is 25.4 Å². The molecular formula is C19H17BrN4O3S2. The van der Waals surface area contributed by atoms with Crippen LogP contribution in [0.3, 0.4) is 0 Å². The normalized spacial score (nSPS) is 16.7. The van der Waals surface area contributed by atoms with E-state index in [0.29, 0.717) is 6.61 Å². The summed E-state index contributed by atoms with van der Waals surface area (Å²) in [5, 5.41) is 8.60. The minimum absolute atomic E-state index is 0.167. The number of ether oxygens (including phenoxy) is 3. The van der Waals surface area contributed by atoms with Gasteiger partial charge >= 0.3 is 0 Å². The Bertz CT molecular complexity index is 1120. The molecule has 0 spiro atoms. The van der Waals surface area contributed by atoms with Crippen LogP contribution in [0.25, 0.3) is 31.2 Å². The van der Waals surface area contributed by atoms with Crippen molar-refractivity contribution in [2.24, 2.45) is 0 Å². The number of nitrogens with zero attached hydrogens (tertiary/aromatic N) is 3. The van der Waals surface area contributed by atoms with Gasteiger partial charge in [-0.15, -0.1) is 22.7 Å². The van der Waals surface area contributed by atoms with Gasteiger partial charge in [-0.05, 0) is 39.7 Å². The highest BCUT2D eigenvalue weighted by Gasteiger charge is 2.19. The number of thiophene rings is 1. The molecule has 3 aromatic heterocycles. The van der Waals surface area contributed by atoms with Crippen molar-refractivity contribution in [3.63, 3.8) is 0 Å². The standard InChI is InChI=1S/C19H17BrN4O3S2/c1-25-10-27-14-6-11(12-8-22-24(9-12)19-21-4-5-26-19)2-3-13(14)17-23-18-15(28-17)7-16(20)29-18/h2-3,6-9,19,21H,4-5,10H2,1H3. The molecule has 7 nitrogen and oxygen atoms in total. The average Bonchev–Trinajstić information content (AvgIpc) is 3.48. The summed E-state index contributed by atoms with van der Waals surface area (Å²) in [6, 6.07) is 8.20. The summed E-state index contributed by atoms with van der Waals surface area (Å²) in [7, 11) is 1.61. The molecule has 29 heavy (non-hydrogen) atoms. The fraction of sp³-hybridized carbons (Fsp3) is 0.263. The van der Waals surface area contributed by atoms with Crippen LogP contribution in [0.1, 0.15) is 6.35 Å². The van der Waals surface area contributed by atoms with Crippen LogP contribution < -0.4 is 10.1 Å². The highest BCUT2D eigenvalue weighted by Crippen LogP contribution is 2.41. The van der Waals surface area contributed by atoms with E-state index in [1.165, 1.54) is 0 Å². The maximum absolute atomic E-state index is 5.88. The summed E-state index contributed by atoms with van der Waals surface area (Å²) >= 11 is 6.79. The quantitative estimate of drug-likeness (QED) is 0.393. The third-order valence-electron chi connectivity index (χ3n) is 4.48. The molecule has 1 unspecified atom stereocenters. The summed E-state index contributed by atoms with van der Waals surface area (Å²) in [6.07, 6.45) is 3.58. The molecule has 1 aliphatic heterocycles. The molecule has 1 N–H and O–H groups in total. The molecular weight excluding hydrogens is 476 g/mol. The first-order chi connectivity index (χ1) is 14.2. The van der Waals surface area contributed by atoms with Gasteiger partial charge in [0.2, 0.25) is 6.35 Å². The first kappa shape index (κ1) is 19.2. The number of nitrogens with one attached hydrogen (secondary N) is 1. The second-order valence-corrected chi connectivity index (χ2v) is 9.83. The second-order valence-electron chi connectivity index (χ2n) is 6.39. The second kappa shape index (κ2) is 8.13. The van der Waals surface area contributed by atoms with Crippen molar-refractivity contribution in [1.29, 1.82) is 0 Å². The third-order valence-corrected chi connectivity index (χ3v) is 7.17. The summed E-state index contributed by atoms with van der Waals surface area (Å²) in [4.78, 5) is 5.79. The van der Waals surface area contributed by atoms with E-state index >= 15 is 0 Å². The number of halogens is 1. The Morgan fingerprint density at radius 1 is 1.31 bits per heavy atom. The number of methoxy groups -OCH3 is 1. The van der Waals surface area contributed by atoms with E-state index in [1.54, 1.807) is 34.5 Å². The van der Waals surface area contributed by atoms with Gasteiger partial charge in [-0.1, -0.05) is 6.07 Å². The molecule has 1 aliphatic rings. The topological polar surface area (TPSA) is 70.4 Å². The fourth-order valence-corrected chi connectivity index (χ4v) is 5.95. The predicted octanol–water partition coefficient (Wildman–Crippen LogP) is 4.71. The van der Waals surface area contributed by atoms with E-state index in [2.05, 4.69) is 38.5 Å². The maximum atomic E-state index is 5.88. The summed E-state index contributed by atoms with van der Waals surface area (Å²) in [6.45, 7) is 1.68. The first-order valence-corrected chi connectivity index (χ1v) is 11.4. The lowest BCUT2D eigenvalue weighted by Crippen LogP contribution is -2.21. The summed E-state index contributed by atoms with van der Waals surface area (Å²) < 4.78 is 20.7. The van der Waals surface area contributed by atoms with Crippen LogP contribution >= 0.6 is 38.6 Å². The highest BCUT2D eigenvalue weighted by molar-refractivity contribution is 9.11.